The number of hydrogen-bond acceptors (Lipinski definition) is 4. The third-order valence-electron chi connectivity index (χ3n) is 3.12. The van der Waals surface area contributed by atoms with E-state index >= 15 is 0 Å². The molecule has 1 atom stereocenters. The molecular formula is C12H26N4O2S2. The van der Waals surface area contributed by atoms with Crippen molar-refractivity contribution in [2.24, 2.45) is 10.9 Å². The molecular weight excluding hydrogens is 296 g/mol. The molecule has 0 amide bonds. The summed E-state index contributed by atoms with van der Waals surface area (Å²) >= 11 is 2.02. The van der Waals surface area contributed by atoms with Crippen LogP contribution in [0.5, 0.6) is 0 Å². The van der Waals surface area contributed by atoms with Crippen molar-refractivity contribution in [1.82, 2.24) is 14.9 Å². The van der Waals surface area contributed by atoms with Gasteiger partial charge in [-0.25, -0.2) is 13.1 Å². The lowest BCUT2D eigenvalue weighted by atomic mass is 10.1. The van der Waals surface area contributed by atoms with Crippen LogP contribution in [-0.2, 0) is 10.0 Å². The van der Waals surface area contributed by atoms with Crippen LogP contribution in [0.1, 0.15) is 13.8 Å². The van der Waals surface area contributed by atoms with Crippen LogP contribution >= 0.6 is 11.8 Å². The van der Waals surface area contributed by atoms with Gasteiger partial charge in [0.05, 0.1) is 6.26 Å². The van der Waals surface area contributed by atoms with Gasteiger partial charge in [0.25, 0.3) is 0 Å². The molecule has 0 aromatic rings. The molecule has 1 unspecified atom stereocenters. The Kier molecular flexibility index (Phi) is 7.11. The lowest BCUT2D eigenvalue weighted by Gasteiger charge is -2.36. The molecule has 0 radical (unpaired) electrons. The molecule has 1 aliphatic rings. The Balaban J connectivity index is 2.42. The Morgan fingerprint density at radius 2 is 2.15 bits per heavy atom. The largest absolute Gasteiger partial charge is 0.355 e. The van der Waals surface area contributed by atoms with Crippen molar-refractivity contribution in [2.45, 2.75) is 19.1 Å². The number of aliphatic imine (C=N–C) groups is 1. The number of sulfonamides is 1. The fourth-order valence-corrected chi connectivity index (χ4v) is 3.79. The van der Waals surface area contributed by atoms with E-state index in [1.807, 2.05) is 11.8 Å². The average Bonchev–Trinajstić information content (AvgIpc) is 2.37. The molecule has 0 saturated carbocycles. The second-order valence-corrected chi connectivity index (χ2v) is 8.42. The van der Waals surface area contributed by atoms with Crippen molar-refractivity contribution in [1.29, 1.82) is 0 Å². The van der Waals surface area contributed by atoms with Gasteiger partial charge in [0, 0.05) is 44.2 Å². The Morgan fingerprint density at radius 3 is 2.70 bits per heavy atom. The van der Waals surface area contributed by atoms with Crippen molar-refractivity contribution in [3.05, 3.63) is 0 Å². The normalized spacial score (nSPS) is 21.4. The zero-order valence-electron chi connectivity index (χ0n) is 12.7. The second kappa shape index (κ2) is 8.09. The van der Waals surface area contributed by atoms with E-state index in [0.717, 1.165) is 31.1 Å². The first-order chi connectivity index (χ1) is 9.33. The molecule has 118 valence electrons. The number of hydrogen-bond donors (Lipinski definition) is 2. The maximum atomic E-state index is 11.0. The smallest absolute Gasteiger partial charge is 0.208 e. The summed E-state index contributed by atoms with van der Waals surface area (Å²) in [6, 6.07) is 0. The van der Waals surface area contributed by atoms with E-state index in [-0.39, 0.29) is 0 Å². The highest BCUT2D eigenvalue weighted by Crippen LogP contribution is 2.24. The van der Waals surface area contributed by atoms with Crippen LogP contribution in [-0.4, -0.2) is 69.8 Å². The molecule has 6 nitrogen and oxygen atoms in total. The van der Waals surface area contributed by atoms with Crippen molar-refractivity contribution in [3.63, 3.8) is 0 Å². The highest BCUT2D eigenvalue weighted by molar-refractivity contribution is 8.00. The van der Waals surface area contributed by atoms with E-state index in [0.29, 0.717) is 24.3 Å². The summed E-state index contributed by atoms with van der Waals surface area (Å²) in [7, 11) is -1.36. The molecule has 1 saturated heterocycles. The molecule has 0 bridgehead atoms. The van der Waals surface area contributed by atoms with Gasteiger partial charge in [-0.2, -0.15) is 11.8 Å². The molecule has 1 fully saturated rings. The Labute approximate surface area is 126 Å². The Morgan fingerprint density at radius 1 is 1.45 bits per heavy atom. The number of rotatable bonds is 5. The summed E-state index contributed by atoms with van der Waals surface area (Å²) in [6.45, 7) is 7.36. The lowest BCUT2D eigenvalue weighted by molar-refractivity contribution is 0.381. The molecule has 20 heavy (non-hydrogen) atoms. The summed E-state index contributed by atoms with van der Waals surface area (Å²) in [4.78, 5) is 6.54. The van der Waals surface area contributed by atoms with Gasteiger partial charge in [-0.05, 0) is 5.92 Å². The highest BCUT2D eigenvalue weighted by Gasteiger charge is 2.24. The van der Waals surface area contributed by atoms with E-state index in [1.165, 1.54) is 0 Å². The zero-order valence-corrected chi connectivity index (χ0v) is 14.4. The van der Waals surface area contributed by atoms with Gasteiger partial charge in [0.1, 0.15) is 0 Å². The molecule has 2 N–H and O–H groups in total. The first-order valence-electron chi connectivity index (χ1n) is 6.85. The van der Waals surface area contributed by atoms with Crippen LogP contribution in [0.3, 0.4) is 0 Å². The fraction of sp³-hybridized carbons (Fsp3) is 0.917. The number of nitrogens with one attached hydrogen (secondary N) is 2. The highest BCUT2D eigenvalue weighted by atomic mass is 32.2. The van der Waals surface area contributed by atoms with Crippen LogP contribution < -0.4 is 10.0 Å². The molecule has 8 heteroatoms. The van der Waals surface area contributed by atoms with Crippen LogP contribution in [0.2, 0.25) is 0 Å². The number of thioether (sulfide) groups is 1. The van der Waals surface area contributed by atoms with Crippen LogP contribution in [0.4, 0.5) is 0 Å². The zero-order chi connectivity index (χ0) is 15.2. The minimum absolute atomic E-state index is 0.369. The average molecular weight is 323 g/mol. The first kappa shape index (κ1) is 17.6. The number of guanidine groups is 1. The summed E-state index contributed by atoms with van der Waals surface area (Å²) in [5.74, 6) is 2.60. The van der Waals surface area contributed by atoms with Gasteiger partial charge in [0.15, 0.2) is 5.96 Å². The minimum atomic E-state index is -3.12. The molecule has 0 aliphatic carbocycles. The predicted molar refractivity (Wildman–Crippen MR) is 86.9 cm³/mol. The van der Waals surface area contributed by atoms with Crippen LogP contribution in [0, 0.1) is 5.92 Å². The molecule has 1 heterocycles. The summed E-state index contributed by atoms with van der Waals surface area (Å²) < 4.78 is 24.4. The monoisotopic (exact) mass is 322 g/mol. The Hall–Kier alpha value is -0.470. The maximum Gasteiger partial charge on any atom is 0.208 e. The SMILES string of the molecule is CN=C(NCCNS(C)(=O)=O)N1CCSC(C(C)C)C1. The van der Waals surface area contributed by atoms with Crippen molar-refractivity contribution < 1.29 is 8.42 Å². The van der Waals surface area contributed by atoms with Crippen molar-refractivity contribution in [3.8, 4) is 0 Å². The third kappa shape index (κ3) is 6.32. The molecule has 0 aromatic carbocycles. The van der Waals surface area contributed by atoms with Crippen molar-refractivity contribution in [2.75, 3.05) is 45.2 Å². The number of nitrogens with zero attached hydrogens (tertiary/aromatic N) is 2. The molecule has 1 aliphatic heterocycles. The summed E-state index contributed by atoms with van der Waals surface area (Å²) in [5, 5.41) is 3.83. The predicted octanol–water partition coefficient (Wildman–Crippen LogP) is 0.184. The Bertz CT molecular complexity index is 423. The van der Waals surface area contributed by atoms with Gasteiger partial charge < -0.3 is 10.2 Å². The summed E-state index contributed by atoms with van der Waals surface area (Å²) in [6.07, 6.45) is 1.16. The van der Waals surface area contributed by atoms with Gasteiger partial charge in [-0.15, -0.1) is 0 Å². The van der Waals surface area contributed by atoms with Crippen LogP contribution in [0.25, 0.3) is 0 Å². The van der Waals surface area contributed by atoms with E-state index in [4.69, 9.17) is 0 Å². The second-order valence-electron chi connectivity index (χ2n) is 5.24. The first-order valence-corrected chi connectivity index (χ1v) is 9.79. The fourth-order valence-electron chi connectivity index (χ4n) is 2.01. The van der Waals surface area contributed by atoms with E-state index in [2.05, 4.69) is 33.8 Å². The van der Waals surface area contributed by atoms with Gasteiger partial charge in [0.2, 0.25) is 10.0 Å². The van der Waals surface area contributed by atoms with E-state index in [9.17, 15) is 8.42 Å². The van der Waals surface area contributed by atoms with Gasteiger partial charge >= 0.3 is 0 Å². The molecule has 1 rings (SSSR count). The van der Waals surface area contributed by atoms with Gasteiger partial charge in [-0.1, -0.05) is 13.8 Å². The van der Waals surface area contributed by atoms with E-state index in [1.54, 1.807) is 7.05 Å². The maximum absolute atomic E-state index is 11.0. The summed E-state index contributed by atoms with van der Waals surface area (Å²) in [5.41, 5.74) is 0. The standard InChI is InChI=1S/C12H26N4O2S2/c1-10(2)11-9-16(7-8-19-11)12(13-3)14-5-6-15-20(4,17)18/h10-11,15H,5-9H2,1-4H3,(H,13,14). The quantitative estimate of drug-likeness (QED) is 0.429. The van der Waals surface area contributed by atoms with E-state index < -0.39 is 10.0 Å². The lowest BCUT2D eigenvalue weighted by Crippen LogP contribution is -2.50. The molecule has 0 aromatic heterocycles. The van der Waals surface area contributed by atoms with Crippen LogP contribution in [0.15, 0.2) is 4.99 Å². The minimum Gasteiger partial charge on any atom is -0.355 e. The van der Waals surface area contributed by atoms with Gasteiger partial charge in [-0.3, -0.25) is 4.99 Å². The van der Waals surface area contributed by atoms with Crippen molar-refractivity contribution >= 4 is 27.7 Å². The third-order valence-corrected chi connectivity index (χ3v) is 5.39. The molecule has 0 spiro atoms. The topological polar surface area (TPSA) is 73.8 Å².